The summed E-state index contributed by atoms with van der Waals surface area (Å²) in [6, 6.07) is 17.9. The molecule has 0 aromatic heterocycles. The van der Waals surface area contributed by atoms with Crippen molar-refractivity contribution in [2.75, 3.05) is 26.7 Å². The summed E-state index contributed by atoms with van der Waals surface area (Å²) in [7, 11) is 2.23. The summed E-state index contributed by atoms with van der Waals surface area (Å²) in [6.07, 6.45) is 1.57. The van der Waals surface area contributed by atoms with Gasteiger partial charge in [-0.25, -0.2) is 0 Å². The molecule has 0 fully saturated rings. The largest absolute Gasteiger partial charge is 0.392 e. The number of aryl methyl sites for hydroxylation is 1. The Morgan fingerprint density at radius 3 is 2.62 bits per heavy atom. The number of hydrogen-bond donors (Lipinski definition) is 2. The summed E-state index contributed by atoms with van der Waals surface area (Å²) in [5.74, 6) is 0. The number of carbonyl (C=O) groups is 1. The molecule has 0 amide bonds. The summed E-state index contributed by atoms with van der Waals surface area (Å²) in [5, 5.41) is 11.3. The third-order valence-electron chi connectivity index (χ3n) is 4.68. The third kappa shape index (κ3) is 5.49. The van der Waals surface area contributed by atoms with Crippen LogP contribution in [-0.4, -0.2) is 49.1 Å². The number of fused-ring (bicyclic) bond motifs is 1. The molecule has 2 aromatic carbocycles. The Bertz CT molecular complexity index is 686. The Morgan fingerprint density at radius 2 is 1.96 bits per heavy atom. The zero-order valence-corrected chi connectivity index (χ0v) is 16.0. The van der Waals surface area contributed by atoms with Gasteiger partial charge >= 0.3 is 0 Å². The molecule has 1 aliphatic rings. The van der Waals surface area contributed by atoms with Crippen LogP contribution < -0.4 is 5.32 Å². The number of carbonyl (C=O) groups excluding carboxylic acids is 1. The van der Waals surface area contributed by atoms with Crippen LogP contribution >= 0.6 is 0 Å². The number of aliphatic hydroxyl groups is 1. The highest BCUT2D eigenvalue weighted by molar-refractivity contribution is 5.51. The topological polar surface area (TPSA) is 52.6 Å². The average Bonchev–Trinajstić information content (AvgIpc) is 2.63. The number of nitrogens with zero attached hydrogens (tertiary/aromatic N) is 1. The molecule has 2 aromatic rings. The summed E-state index contributed by atoms with van der Waals surface area (Å²) in [6.45, 7) is 5.84. The minimum absolute atomic E-state index is 0.324. The number of hydrogen-bond acceptors (Lipinski definition) is 4. The number of aliphatic hydroxyl groups excluding tert-OH is 1. The number of likely N-dealkylation sites (N-methyl/N-ethyl adjacent to an activating group) is 1. The van der Waals surface area contributed by atoms with E-state index in [1.807, 2.05) is 0 Å². The van der Waals surface area contributed by atoms with Crippen molar-refractivity contribution < 1.29 is 9.90 Å². The van der Waals surface area contributed by atoms with E-state index in [1.165, 1.54) is 23.1 Å². The zero-order valence-electron chi connectivity index (χ0n) is 16.0. The standard InChI is InChI=1S/C17H19N.C5H11NO2/c1-13-7-6-10-16-15(13)11-12-18(2)17(16)14-8-4-3-5-9-14;1-5(8)4-6-2-3-7/h3-10,17H,11-12H2,1-2H3;3,5-6,8H,2,4H2,1H3. The molecule has 1 aliphatic heterocycles. The van der Waals surface area contributed by atoms with Crippen molar-refractivity contribution in [3.8, 4) is 0 Å². The molecule has 0 radical (unpaired) electrons. The fourth-order valence-electron chi connectivity index (χ4n) is 3.40. The van der Waals surface area contributed by atoms with Gasteiger partial charge in [0.25, 0.3) is 0 Å². The maximum atomic E-state index is 9.64. The van der Waals surface area contributed by atoms with Gasteiger partial charge in [0.15, 0.2) is 0 Å². The van der Waals surface area contributed by atoms with Crippen molar-refractivity contribution in [3.05, 3.63) is 70.8 Å². The fourth-order valence-corrected chi connectivity index (χ4v) is 3.40. The van der Waals surface area contributed by atoms with Crippen LogP contribution in [-0.2, 0) is 11.2 Å². The molecule has 0 aliphatic carbocycles. The van der Waals surface area contributed by atoms with Gasteiger partial charge in [0.2, 0.25) is 0 Å². The van der Waals surface area contributed by atoms with Crippen molar-refractivity contribution in [2.45, 2.75) is 32.4 Å². The van der Waals surface area contributed by atoms with Gasteiger partial charge in [0.1, 0.15) is 6.29 Å². The van der Waals surface area contributed by atoms with E-state index in [9.17, 15) is 4.79 Å². The molecule has 0 saturated carbocycles. The maximum absolute atomic E-state index is 9.64. The zero-order chi connectivity index (χ0) is 18.9. The van der Waals surface area contributed by atoms with Crippen LogP contribution in [0.5, 0.6) is 0 Å². The van der Waals surface area contributed by atoms with Crippen LogP contribution in [0.15, 0.2) is 48.5 Å². The van der Waals surface area contributed by atoms with Crippen LogP contribution in [0.1, 0.15) is 35.2 Å². The first-order chi connectivity index (χ1) is 12.5. The van der Waals surface area contributed by atoms with Gasteiger partial charge < -0.3 is 15.2 Å². The molecule has 2 unspecified atom stereocenters. The second-order valence-electron chi connectivity index (χ2n) is 6.86. The number of aldehydes is 1. The van der Waals surface area contributed by atoms with E-state index in [-0.39, 0.29) is 6.10 Å². The van der Waals surface area contributed by atoms with Gasteiger partial charge in [0, 0.05) is 13.1 Å². The molecule has 2 atom stereocenters. The summed E-state index contributed by atoms with van der Waals surface area (Å²) < 4.78 is 0. The van der Waals surface area contributed by atoms with Crippen molar-refractivity contribution in [2.24, 2.45) is 0 Å². The second-order valence-corrected chi connectivity index (χ2v) is 6.86. The van der Waals surface area contributed by atoms with Crippen LogP contribution in [0, 0.1) is 6.92 Å². The fraction of sp³-hybridized carbons (Fsp3) is 0.409. The van der Waals surface area contributed by atoms with Gasteiger partial charge in [-0.3, -0.25) is 4.90 Å². The SMILES string of the molecule is CC(O)CNCC=O.Cc1cccc2c1CCN(C)C2c1ccccc1. The first-order valence-electron chi connectivity index (χ1n) is 9.20. The quantitative estimate of drug-likeness (QED) is 0.640. The summed E-state index contributed by atoms with van der Waals surface area (Å²) >= 11 is 0. The predicted molar refractivity (Wildman–Crippen MR) is 106 cm³/mol. The highest BCUT2D eigenvalue weighted by Gasteiger charge is 2.26. The summed E-state index contributed by atoms with van der Waals surface area (Å²) in [4.78, 5) is 12.1. The van der Waals surface area contributed by atoms with Crippen molar-refractivity contribution in [1.29, 1.82) is 0 Å². The van der Waals surface area contributed by atoms with E-state index < -0.39 is 0 Å². The minimum Gasteiger partial charge on any atom is -0.392 e. The lowest BCUT2D eigenvalue weighted by molar-refractivity contribution is -0.107. The normalized spacial score (nSPS) is 17.6. The lowest BCUT2D eigenvalue weighted by Gasteiger charge is -2.35. The molecule has 26 heavy (non-hydrogen) atoms. The van der Waals surface area contributed by atoms with Gasteiger partial charge in [-0.2, -0.15) is 0 Å². The summed E-state index contributed by atoms with van der Waals surface area (Å²) in [5.41, 5.74) is 5.85. The van der Waals surface area contributed by atoms with Crippen LogP contribution in [0.4, 0.5) is 0 Å². The monoisotopic (exact) mass is 354 g/mol. The van der Waals surface area contributed by atoms with Gasteiger partial charge in [-0.1, -0.05) is 48.5 Å². The third-order valence-corrected chi connectivity index (χ3v) is 4.68. The molecule has 1 heterocycles. The van der Waals surface area contributed by atoms with Crippen LogP contribution in [0.25, 0.3) is 0 Å². The Kier molecular flexibility index (Phi) is 7.98. The van der Waals surface area contributed by atoms with E-state index >= 15 is 0 Å². The van der Waals surface area contributed by atoms with Crippen molar-refractivity contribution >= 4 is 6.29 Å². The minimum atomic E-state index is -0.366. The van der Waals surface area contributed by atoms with Gasteiger partial charge in [0.05, 0.1) is 18.7 Å². The van der Waals surface area contributed by atoms with Gasteiger partial charge in [-0.05, 0) is 49.6 Å². The van der Waals surface area contributed by atoms with Crippen LogP contribution in [0.2, 0.25) is 0 Å². The molecule has 0 spiro atoms. The Hall–Kier alpha value is -2.01. The average molecular weight is 354 g/mol. The second kappa shape index (κ2) is 10.2. The first-order valence-corrected chi connectivity index (χ1v) is 9.20. The molecule has 140 valence electrons. The molecule has 0 saturated heterocycles. The maximum Gasteiger partial charge on any atom is 0.133 e. The smallest absolute Gasteiger partial charge is 0.133 e. The highest BCUT2D eigenvalue weighted by Crippen LogP contribution is 2.35. The van der Waals surface area contributed by atoms with Crippen molar-refractivity contribution in [1.82, 2.24) is 10.2 Å². The number of benzene rings is 2. The molecule has 0 bridgehead atoms. The molecule has 4 nitrogen and oxygen atoms in total. The lowest BCUT2D eigenvalue weighted by Crippen LogP contribution is -2.33. The number of rotatable bonds is 5. The predicted octanol–water partition coefficient (Wildman–Crippen LogP) is 2.73. The number of nitrogens with one attached hydrogen (secondary N) is 1. The van der Waals surface area contributed by atoms with Crippen LogP contribution in [0.3, 0.4) is 0 Å². The van der Waals surface area contributed by atoms with Gasteiger partial charge in [-0.15, -0.1) is 0 Å². The lowest BCUT2D eigenvalue weighted by atomic mass is 9.86. The van der Waals surface area contributed by atoms with Crippen molar-refractivity contribution in [3.63, 3.8) is 0 Å². The van der Waals surface area contributed by atoms with E-state index in [2.05, 4.69) is 72.7 Å². The Labute approximate surface area is 156 Å². The Balaban J connectivity index is 0.000000260. The Morgan fingerprint density at radius 1 is 1.23 bits per heavy atom. The molecule has 3 rings (SSSR count). The molecular formula is C22H30N2O2. The molecule has 4 heteroatoms. The molecule has 2 N–H and O–H groups in total. The van der Waals surface area contributed by atoms with E-state index in [0.29, 0.717) is 19.1 Å². The van der Waals surface area contributed by atoms with E-state index in [0.717, 1.165) is 12.8 Å². The molecular weight excluding hydrogens is 324 g/mol. The van der Waals surface area contributed by atoms with E-state index in [1.54, 1.807) is 12.5 Å². The first kappa shape index (κ1) is 20.3. The van der Waals surface area contributed by atoms with E-state index in [4.69, 9.17) is 5.11 Å². The highest BCUT2D eigenvalue weighted by atomic mass is 16.3.